The lowest BCUT2D eigenvalue weighted by atomic mass is 9.80. The van der Waals surface area contributed by atoms with Gasteiger partial charge in [-0.15, -0.1) is 0 Å². The summed E-state index contributed by atoms with van der Waals surface area (Å²) in [7, 11) is 0. The number of amides is 1. The second kappa shape index (κ2) is 4.47. The van der Waals surface area contributed by atoms with Crippen LogP contribution in [0.25, 0.3) is 0 Å². The van der Waals surface area contributed by atoms with Gasteiger partial charge < -0.3 is 10.0 Å². The second-order valence-corrected chi connectivity index (χ2v) is 7.80. The Hall–Kier alpha value is -1.63. The van der Waals surface area contributed by atoms with Gasteiger partial charge in [0, 0.05) is 24.9 Å². The minimum Gasteiger partial charge on any atom is -0.393 e. The molecule has 1 aromatic rings. The molecule has 0 aromatic carbocycles. The van der Waals surface area contributed by atoms with E-state index in [9.17, 15) is 14.7 Å². The quantitative estimate of drug-likeness (QED) is 0.843. The Kier molecular flexibility index (Phi) is 2.67. The molecule has 124 valence electrons. The molecule has 3 aliphatic carbocycles. The third-order valence-corrected chi connectivity index (χ3v) is 6.32. The fourth-order valence-corrected chi connectivity index (χ4v) is 4.53. The van der Waals surface area contributed by atoms with Crippen molar-refractivity contribution in [2.75, 3.05) is 13.1 Å². The van der Waals surface area contributed by atoms with Crippen molar-refractivity contribution >= 4 is 5.91 Å². The zero-order valence-corrected chi connectivity index (χ0v) is 13.1. The van der Waals surface area contributed by atoms with Crippen molar-refractivity contribution < 1.29 is 9.90 Å². The van der Waals surface area contributed by atoms with E-state index in [1.807, 2.05) is 4.90 Å². The Morgan fingerprint density at radius 3 is 2.52 bits per heavy atom. The van der Waals surface area contributed by atoms with Gasteiger partial charge in [-0.25, -0.2) is 9.48 Å². The minimum atomic E-state index is -0.264. The number of hydrogen-bond donors (Lipinski definition) is 2. The molecule has 1 saturated heterocycles. The molecule has 7 heteroatoms. The minimum absolute atomic E-state index is 0.0924. The lowest BCUT2D eigenvalue weighted by molar-refractivity contribution is -0.145. The summed E-state index contributed by atoms with van der Waals surface area (Å²) in [5, 5.41) is 14.1. The number of carbonyl (C=O) groups is 1. The Morgan fingerprint density at radius 2 is 1.96 bits per heavy atom. The summed E-state index contributed by atoms with van der Waals surface area (Å²) in [5.41, 5.74) is -0.339. The predicted molar refractivity (Wildman–Crippen MR) is 80.8 cm³/mol. The smallest absolute Gasteiger partial charge is 0.343 e. The van der Waals surface area contributed by atoms with Gasteiger partial charge in [-0.2, -0.15) is 5.10 Å². The third-order valence-electron chi connectivity index (χ3n) is 6.32. The molecular formula is C16H22N4O3. The van der Waals surface area contributed by atoms with Gasteiger partial charge in [0.1, 0.15) is 5.82 Å². The van der Waals surface area contributed by atoms with Crippen LogP contribution in [0.1, 0.15) is 56.3 Å². The number of H-pyrrole nitrogens is 1. The number of aliphatic hydroxyl groups is 1. The van der Waals surface area contributed by atoms with E-state index in [0.717, 1.165) is 37.9 Å². The van der Waals surface area contributed by atoms with E-state index in [1.54, 1.807) is 4.68 Å². The van der Waals surface area contributed by atoms with Crippen LogP contribution in [-0.2, 0) is 4.79 Å². The maximum Gasteiger partial charge on any atom is 0.343 e. The molecular weight excluding hydrogens is 296 g/mol. The molecule has 2 N–H and O–H groups in total. The monoisotopic (exact) mass is 318 g/mol. The molecule has 1 aliphatic heterocycles. The molecule has 5 rings (SSSR count). The lowest BCUT2D eigenvalue weighted by Crippen LogP contribution is -2.48. The maximum absolute atomic E-state index is 12.6. The summed E-state index contributed by atoms with van der Waals surface area (Å²) < 4.78 is 1.60. The first-order chi connectivity index (χ1) is 11.1. The standard InChI is InChI=1S/C16H22N4O3/c21-12-8-16(7-11(12)16)14(22)19-5-3-10(4-6-19)20-15(23)17-13(18-20)9-1-2-9/h9-12,21H,1-8H2,(H,17,18,23)/t11-,12-,16-/m1/s1. The van der Waals surface area contributed by atoms with Gasteiger partial charge in [0.25, 0.3) is 0 Å². The second-order valence-electron chi connectivity index (χ2n) is 7.80. The molecule has 1 amide bonds. The molecule has 3 saturated carbocycles. The molecule has 1 aromatic heterocycles. The van der Waals surface area contributed by atoms with Crippen molar-refractivity contribution in [2.24, 2.45) is 11.3 Å². The van der Waals surface area contributed by atoms with Crippen molar-refractivity contribution in [1.29, 1.82) is 0 Å². The van der Waals surface area contributed by atoms with Crippen LogP contribution >= 0.6 is 0 Å². The summed E-state index contributed by atoms with van der Waals surface area (Å²) >= 11 is 0. The van der Waals surface area contributed by atoms with E-state index in [2.05, 4.69) is 10.1 Å². The highest BCUT2D eigenvalue weighted by Crippen LogP contribution is 2.68. The number of hydrogen-bond acceptors (Lipinski definition) is 4. The molecule has 4 fully saturated rings. The average Bonchev–Trinajstić information content (AvgIpc) is 3.45. The van der Waals surface area contributed by atoms with Gasteiger partial charge in [0.05, 0.1) is 17.6 Å². The van der Waals surface area contributed by atoms with Crippen LogP contribution in [0.4, 0.5) is 0 Å². The van der Waals surface area contributed by atoms with Crippen LogP contribution in [-0.4, -0.2) is 49.9 Å². The normalized spacial score (nSPS) is 36.5. The molecule has 0 radical (unpaired) electrons. The summed E-state index contributed by atoms with van der Waals surface area (Å²) in [6.07, 6.45) is 5.04. The summed E-state index contributed by atoms with van der Waals surface area (Å²) in [6.45, 7) is 1.37. The van der Waals surface area contributed by atoms with E-state index in [4.69, 9.17) is 0 Å². The van der Waals surface area contributed by atoms with E-state index >= 15 is 0 Å². The highest BCUT2D eigenvalue weighted by molar-refractivity contribution is 5.88. The number of rotatable bonds is 3. The Balaban J connectivity index is 1.24. The first-order valence-corrected chi connectivity index (χ1v) is 8.75. The molecule has 23 heavy (non-hydrogen) atoms. The summed E-state index contributed by atoms with van der Waals surface area (Å²) in [6, 6.07) is 0.0924. The van der Waals surface area contributed by atoms with Gasteiger partial charge in [-0.1, -0.05) is 0 Å². The number of nitrogens with zero attached hydrogens (tertiary/aromatic N) is 3. The Morgan fingerprint density at radius 1 is 1.22 bits per heavy atom. The lowest BCUT2D eigenvalue weighted by Gasteiger charge is -2.38. The topological polar surface area (TPSA) is 91.2 Å². The number of aliphatic hydroxyl groups excluding tert-OH is 1. The van der Waals surface area contributed by atoms with Gasteiger partial charge >= 0.3 is 5.69 Å². The molecule has 4 aliphatic rings. The van der Waals surface area contributed by atoms with Crippen molar-refractivity contribution in [1.82, 2.24) is 19.7 Å². The van der Waals surface area contributed by atoms with Gasteiger partial charge in [-0.05, 0) is 38.5 Å². The number of carbonyl (C=O) groups excluding carboxylic acids is 1. The number of piperidine rings is 1. The molecule has 7 nitrogen and oxygen atoms in total. The third kappa shape index (κ3) is 1.95. The summed E-state index contributed by atoms with van der Waals surface area (Å²) in [5.74, 6) is 1.71. The van der Waals surface area contributed by atoms with Crippen LogP contribution < -0.4 is 5.69 Å². The SMILES string of the molecule is O=C(N1CCC(n2nc(C3CC3)[nH]c2=O)CC1)[C@]12C[C@@H](O)[C@H]1C2. The van der Waals surface area contributed by atoms with Gasteiger partial charge in [0.2, 0.25) is 5.91 Å². The summed E-state index contributed by atoms with van der Waals surface area (Å²) in [4.78, 5) is 29.5. The molecule has 0 spiro atoms. The first kappa shape index (κ1) is 13.8. The van der Waals surface area contributed by atoms with Crippen LogP contribution in [0.5, 0.6) is 0 Å². The number of aromatic amines is 1. The largest absolute Gasteiger partial charge is 0.393 e. The zero-order valence-electron chi connectivity index (χ0n) is 13.1. The van der Waals surface area contributed by atoms with Crippen LogP contribution in [0.15, 0.2) is 4.79 Å². The van der Waals surface area contributed by atoms with Crippen LogP contribution in [0.3, 0.4) is 0 Å². The van der Waals surface area contributed by atoms with Crippen LogP contribution in [0, 0.1) is 11.3 Å². The molecule has 3 atom stereocenters. The predicted octanol–water partition coefficient (Wildman–Crippen LogP) is 0.383. The van der Waals surface area contributed by atoms with Gasteiger partial charge in [-0.3, -0.25) is 9.78 Å². The van der Waals surface area contributed by atoms with E-state index in [1.165, 1.54) is 0 Å². The highest BCUT2D eigenvalue weighted by atomic mass is 16.3. The Labute approximate surface area is 133 Å². The van der Waals surface area contributed by atoms with Crippen molar-refractivity contribution in [2.45, 2.75) is 56.6 Å². The fourth-order valence-electron chi connectivity index (χ4n) is 4.53. The first-order valence-electron chi connectivity index (χ1n) is 8.75. The van der Waals surface area contributed by atoms with E-state index in [-0.39, 0.29) is 35.1 Å². The fraction of sp³-hybridized carbons (Fsp3) is 0.812. The zero-order chi connectivity index (χ0) is 15.8. The maximum atomic E-state index is 12.6. The Bertz CT molecular complexity index is 713. The van der Waals surface area contributed by atoms with Gasteiger partial charge in [0.15, 0.2) is 0 Å². The highest BCUT2D eigenvalue weighted by Gasteiger charge is 2.72. The van der Waals surface area contributed by atoms with Crippen molar-refractivity contribution in [3.63, 3.8) is 0 Å². The number of aromatic nitrogens is 3. The average molecular weight is 318 g/mol. The number of fused-ring (bicyclic) bond motifs is 1. The van der Waals surface area contributed by atoms with Crippen molar-refractivity contribution in [3.8, 4) is 0 Å². The number of likely N-dealkylation sites (tertiary alicyclic amines) is 1. The number of nitrogens with one attached hydrogen (secondary N) is 1. The molecule has 0 bridgehead atoms. The van der Waals surface area contributed by atoms with E-state index in [0.29, 0.717) is 25.4 Å². The molecule has 0 unspecified atom stereocenters. The van der Waals surface area contributed by atoms with Crippen LogP contribution in [0.2, 0.25) is 0 Å². The van der Waals surface area contributed by atoms with Crippen molar-refractivity contribution in [3.05, 3.63) is 16.3 Å². The van der Waals surface area contributed by atoms with E-state index < -0.39 is 0 Å². The molecule has 2 heterocycles.